The van der Waals surface area contributed by atoms with Gasteiger partial charge in [-0.15, -0.1) is 11.8 Å². The Morgan fingerprint density at radius 1 is 1.77 bits per heavy atom. The van der Waals surface area contributed by atoms with Gasteiger partial charge in [-0.05, 0) is 19.3 Å². The molecular formula is C9H15NO2S. The lowest BCUT2D eigenvalue weighted by Crippen LogP contribution is -2.20. The molecule has 1 aliphatic rings. The predicted molar refractivity (Wildman–Crippen MR) is 54.1 cm³/mol. The van der Waals surface area contributed by atoms with Gasteiger partial charge in [0.25, 0.3) is 0 Å². The first-order chi connectivity index (χ1) is 6.15. The molecule has 0 aromatic rings. The number of rotatable bonds is 2. The van der Waals surface area contributed by atoms with Gasteiger partial charge < -0.3 is 10.5 Å². The maximum absolute atomic E-state index is 11.4. The molecule has 1 rings (SSSR count). The second-order valence-corrected chi connectivity index (χ2v) is 4.25. The van der Waals surface area contributed by atoms with Crippen molar-refractivity contribution in [3.8, 4) is 0 Å². The molecule has 0 amide bonds. The average molecular weight is 201 g/mol. The number of carbonyl (C=O) groups is 1. The zero-order chi connectivity index (χ0) is 9.84. The van der Waals surface area contributed by atoms with Crippen LogP contribution in [0.1, 0.15) is 20.3 Å². The van der Waals surface area contributed by atoms with Gasteiger partial charge in [0.1, 0.15) is 0 Å². The molecule has 0 aliphatic carbocycles. The van der Waals surface area contributed by atoms with Crippen LogP contribution < -0.4 is 5.73 Å². The number of hydrogen-bond acceptors (Lipinski definition) is 4. The zero-order valence-electron chi connectivity index (χ0n) is 8.00. The quantitative estimate of drug-likeness (QED) is 0.688. The third-order valence-electron chi connectivity index (χ3n) is 1.90. The molecule has 13 heavy (non-hydrogen) atoms. The molecule has 1 aliphatic heterocycles. The van der Waals surface area contributed by atoms with E-state index in [1.54, 1.807) is 18.7 Å². The predicted octanol–water partition coefficient (Wildman–Crippen LogP) is 1.49. The first-order valence-electron chi connectivity index (χ1n) is 4.43. The van der Waals surface area contributed by atoms with Crippen LogP contribution in [0.4, 0.5) is 0 Å². The number of esters is 1. The van der Waals surface area contributed by atoms with Gasteiger partial charge in [-0.3, -0.25) is 0 Å². The largest absolute Gasteiger partial charge is 0.463 e. The van der Waals surface area contributed by atoms with Crippen molar-refractivity contribution in [3.63, 3.8) is 0 Å². The average Bonchev–Trinajstić information content (AvgIpc) is 2.09. The van der Waals surface area contributed by atoms with Gasteiger partial charge in [-0.2, -0.15) is 0 Å². The van der Waals surface area contributed by atoms with Crippen molar-refractivity contribution in [2.45, 2.75) is 20.3 Å². The minimum Gasteiger partial charge on any atom is -0.463 e. The molecular weight excluding hydrogens is 186 g/mol. The van der Waals surface area contributed by atoms with Gasteiger partial charge in [0, 0.05) is 5.75 Å². The molecule has 3 nitrogen and oxygen atoms in total. The van der Waals surface area contributed by atoms with Crippen molar-refractivity contribution in [1.82, 2.24) is 0 Å². The summed E-state index contributed by atoms with van der Waals surface area (Å²) in [5, 5.41) is 0.636. The molecule has 74 valence electrons. The molecule has 0 spiro atoms. The van der Waals surface area contributed by atoms with Crippen molar-refractivity contribution in [1.29, 1.82) is 0 Å². The van der Waals surface area contributed by atoms with Crippen LogP contribution in [-0.2, 0) is 9.53 Å². The van der Waals surface area contributed by atoms with E-state index in [1.165, 1.54) is 0 Å². The maximum atomic E-state index is 11.4. The van der Waals surface area contributed by atoms with Gasteiger partial charge in [0.15, 0.2) is 0 Å². The van der Waals surface area contributed by atoms with Crippen LogP contribution >= 0.6 is 11.8 Å². The van der Waals surface area contributed by atoms with E-state index in [1.807, 2.05) is 0 Å². The molecule has 0 bridgehead atoms. The van der Waals surface area contributed by atoms with E-state index in [0.717, 1.165) is 12.2 Å². The number of nitrogens with two attached hydrogens (primary N) is 1. The lowest BCUT2D eigenvalue weighted by Gasteiger charge is -2.20. The molecule has 1 heterocycles. The van der Waals surface area contributed by atoms with Crippen molar-refractivity contribution < 1.29 is 9.53 Å². The molecule has 0 unspecified atom stereocenters. The fraction of sp³-hybridized carbons (Fsp3) is 0.667. The second kappa shape index (κ2) is 4.56. The first kappa shape index (κ1) is 10.4. The van der Waals surface area contributed by atoms with E-state index in [4.69, 9.17) is 10.5 Å². The minimum absolute atomic E-state index is 0.251. The summed E-state index contributed by atoms with van der Waals surface area (Å²) in [5.74, 6) is 1.25. The Morgan fingerprint density at radius 2 is 2.46 bits per heavy atom. The monoisotopic (exact) mass is 201 g/mol. The lowest BCUT2D eigenvalue weighted by molar-refractivity contribution is -0.138. The Hall–Kier alpha value is -0.640. The smallest absolute Gasteiger partial charge is 0.336 e. The standard InChI is InChI=1S/C9H15NO2S/c1-3-12-9(11)7-4-6(2)5-13-8(7)10/h6H,3-5,10H2,1-2H3/t6-/m1/s1. The van der Waals surface area contributed by atoms with Crippen LogP contribution in [0.3, 0.4) is 0 Å². The highest BCUT2D eigenvalue weighted by atomic mass is 32.2. The summed E-state index contributed by atoms with van der Waals surface area (Å²) >= 11 is 1.55. The number of thioether (sulfide) groups is 1. The van der Waals surface area contributed by atoms with Gasteiger partial charge in [0.05, 0.1) is 17.2 Å². The van der Waals surface area contributed by atoms with E-state index in [9.17, 15) is 4.79 Å². The Bertz CT molecular complexity index is 238. The summed E-state index contributed by atoms with van der Waals surface area (Å²) in [7, 11) is 0. The zero-order valence-corrected chi connectivity index (χ0v) is 8.82. The van der Waals surface area contributed by atoms with E-state index >= 15 is 0 Å². The third kappa shape index (κ3) is 2.66. The van der Waals surface area contributed by atoms with E-state index in [-0.39, 0.29) is 5.97 Å². The molecule has 0 fully saturated rings. The Labute approximate surface area is 82.7 Å². The van der Waals surface area contributed by atoms with Crippen molar-refractivity contribution in [2.75, 3.05) is 12.4 Å². The van der Waals surface area contributed by atoms with Crippen molar-refractivity contribution >= 4 is 17.7 Å². The van der Waals surface area contributed by atoms with Crippen LogP contribution in [0, 0.1) is 5.92 Å². The molecule has 0 aromatic carbocycles. The number of hydrogen-bond donors (Lipinski definition) is 1. The molecule has 0 saturated heterocycles. The topological polar surface area (TPSA) is 52.3 Å². The molecule has 0 saturated carbocycles. The highest BCUT2D eigenvalue weighted by Crippen LogP contribution is 2.30. The summed E-state index contributed by atoms with van der Waals surface area (Å²) in [6.45, 7) is 4.32. The SMILES string of the molecule is CCOC(=O)C1=C(N)SC[C@H](C)C1. The van der Waals surface area contributed by atoms with Crippen LogP contribution in [-0.4, -0.2) is 18.3 Å². The van der Waals surface area contributed by atoms with E-state index in [2.05, 4.69) is 6.92 Å². The third-order valence-corrected chi connectivity index (χ3v) is 3.19. The normalized spacial score (nSPS) is 23.1. The Kier molecular flexibility index (Phi) is 3.66. The minimum atomic E-state index is -0.251. The van der Waals surface area contributed by atoms with E-state index < -0.39 is 0 Å². The maximum Gasteiger partial charge on any atom is 0.336 e. The fourth-order valence-corrected chi connectivity index (χ4v) is 2.15. The van der Waals surface area contributed by atoms with Crippen LogP contribution in [0.25, 0.3) is 0 Å². The molecule has 1 atom stereocenters. The fourth-order valence-electron chi connectivity index (χ4n) is 1.23. The van der Waals surface area contributed by atoms with Crippen LogP contribution in [0.15, 0.2) is 10.6 Å². The number of carbonyl (C=O) groups excluding carboxylic acids is 1. The molecule has 4 heteroatoms. The van der Waals surface area contributed by atoms with Crippen molar-refractivity contribution in [3.05, 3.63) is 10.6 Å². The van der Waals surface area contributed by atoms with Crippen LogP contribution in [0.2, 0.25) is 0 Å². The molecule has 0 radical (unpaired) electrons. The summed E-state index contributed by atoms with van der Waals surface area (Å²) in [5.41, 5.74) is 6.37. The van der Waals surface area contributed by atoms with Crippen LogP contribution in [0.5, 0.6) is 0 Å². The highest BCUT2D eigenvalue weighted by molar-refractivity contribution is 8.03. The number of ether oxygens (including phenoxy) is 1. The Morgan fingerprint density at radius 3 is 3.08 bits per heavy atom. The first-order valence-corrected chi connectivity index (χ1v) is 5.42. The molecule has 0 aromatic heterocycles. The van der Waals surface area contributed by atoms with Gasteiger partial charge >= 0.3 is 5.97 Å². The van der Waals surface area contributed by atoms with E-state index in [0.29, 0.717) is 23.1 Å². The van der Waals surface area contributed by atoms with Crippen molar-refractivity contribution in [2.24, 2.45) is 11.7 Å². The van der Waals surface area contributed by atoms with Gasteiger partial charge in [0.2, 0.25) is 0 Å². The lowest BCUT2D eigenvalue weighted by atomic mass is 10.0. The summed E-state index contributed by atoms with van der Waals surface area (Å²) < 4.78 is 4.91. The summed E-state index contributed by atoms with van der Waals surface area (Å²) in [6.07, 6.45) is 0.748. The van der Waals surface area contributed by atoms with Gasteiger partial charge in [-0.1, -0.05) is 6.92 Å². The Balaban J connectivity index is 2.70. The molecule has 2 N–H and O–H groups in total. The second-order valence-electron chi connectivity index (χ2n) is 3.18. The highest BCUT2D eigenvalue weighted by Gasteiger charge is 2.22. The summed E-state index contributed by atoms with van der Waals surface area (Å²) in [6, 6.07) is 0. The summed E-state index contributed by atoms with van der Waals surface area (Å²) in [4.78, 5) is 11.4. The van der Waals surface area contributed by atoms with Gasteiger partial charge in [-0.25, -0.2) is 4.79 Å².